The molecule has 27 heavy (non-hydrogen) atoms. The number of carbonyl (C=O) groups excluding carboxylic acids is 1. The Morgan fingerprint density at radius 3 is 2.59 bits per heavy atom. The van der Waals surface area contributed by atoms with Gasteiger partial charge in [0.05, 0.1) is 36.8 Å². The first-order valence-electron chi connectivity index (χ1n) is 8.31. The number of methoxy groups -OCH3 is 1. The summed E-state index contributed by atoms with van der Waals surface area (Å²) in [6.07, 6.45) is 1.92. The SMILES string of the molecule is COC(=O)c1ccc(OCc2c(C)noc2C)c(CCCOS(C)(=O)=O)c1. The molecule has 0 spiro atoms. The lowest BCUT2D eigenvalue weighted by Crippen LogP contribution is -2.07. The van der Waals surface area contributed by atoms with Crippen LogP contribution in [0.5, 0.6) is 5.75 Å². The van der Waals surface area contributed by atoms with Gasteiger partial charge in [-0.05, 0) is 50.5 Å². The summed E-state index contributed by atoms with van der Waals surface area (Å²) in [6, 6.07) is 4.98. The summed E-state index contributed by atoms with van der Waals surface area (Å²) in [5, 5.41) is 3.89. The summed E-state index contributed by atoms with van der Waals surface area (Å²) in [6.45, 7) is 3.96. The molecule has 0 bridgehead atoms. The summed E-state index contributed by atoms with van der Waals surface area (Å²) in [4.78, 5) is 11.8. The molecule has 2 rings (SSSR count). The predicted molar refractivity (Wildman–Crippen MR) is 97.2 cm³/mol. The second-order valence-corrected chi connectivity index (χ2v) is 7.68. The summed E-state index contributed by atoms with van der Waals surface area (Å²) < 4.78 is 42.7. The Labute approximate surface area is 158 Å². The van der Waals surface area contributed by atoms with Gasteiger partial charge in [0.25, 0.3) is 10.1 Å². The van der Waals surface area contributed by atoms with Gasteiger partial charge in [0.1, 0.15) is 18.1 Å². The van der Waals surface area contributed by atoms with Crippen molar-refractivity contribution < 1.29 is 31.4 Å². The Balaban J connectivity index is 2.15. The van der Waals surface area contributed by atoms with Crippen LogP contribution in [0.1, 0.15) is 39.4 Å². The van der Waals surface area contributed by atoms with Crippen molar-refractivity contribution in [2.24, 2.45) is 0 Å². The summed E-state index contributed by atoms with van der Waals surface area (Å²) in [5.41, 5.74) is 2.75. The molecule has 0 radical (unpaired) electrons. The first-order valence-corrected chi connectivity index (χ1v) is 10.1. The van der Waals surface area contributed by atoms with Gasteiger partial charge in [-0.25, -0.2) is 4.79 Å². The van der Waals surface area contributed by atoms with Gasteiger partial charge in [0.15, 0.2) is 0 Å². The predicted octanol–water partition coefficient (Wildman–Crippen LogP) is 2.57. The minimum absolute atomic E-state index is 0.0462. The Morgan fingerprint density at radius 2 is 2.00 bits per heavy atom. The van der Waals surface area contributed by atoms with Crippen LogP contribution in [0, 0.1) is 13.8 Å². The van der Waals surface area contributed by atoms with Crippen LogP contribution in [0.4, 0.5) is 0 Å². The van der Waals surface area contributed by atoms with E-state index in [4.69, 9.17) is 18.2 Å². The van der Waals surface area contributed by atoms with Crippen LogP contribution in [-0.4, -0.2) is 39.5 Å². The molecule has 1 heterocycles. The van der Waals surface area contributed by atoms with Gasteiger partial charge in [0, 0.05) is 0 Å². The molecule has 0 atom stereocenters. The lowest BCUT2D eigenvalue weighted by molar-refractivity contribution is 0.0600. The molecule has 0 saturated carbocycles. The molecule has 9 heteroatoms. The normalized spacial score (nSPS) is 11.4. The highest BCUT2D eigenvalue weighted by Gasteiger charge is 2.14. The summed E-state index contributed by atoms with van der Waals surface area (Å²) in [7, 11) is -2.18. The van der Waals surface area contributed by atoms with E-state index in [0.717, 1.165) is 23.1 Å². The van der Waals surface area contributed by atoms with E-state index in [1.54, 1.807) is 18.2 Å². The fourth-order valence-corrected chi connectivity index (χ4v) is 2.91. The van der Waals surface area contributed by atoms with E-state index in [9.17, 15) is 13.2 Å². The molecule has 1 aromatic heterocycles. The van der Waals surface area contributed by atoms with E-state index in [1.807, 2.05) is 13.8 Å². The minimum atomic E-state index is -3.49. The van der Waals surface area contributed by atoms with E-state index in [0.29, 0.717) is 29.9 Å². The number of nitrogens with zero attached hydrogens (tertiary/aromatic N) is 1. The van der Waals surface area contributed by atoms with Gasteiger partial charge in [-0.2, -0.15) is 8.42 Å². The van der Waals surface area contributed by atoms with Gasteiger partial charge < -0.3 is 14.0 Å². The molecule has 0 fully saturated rings. The Hall–Kier alpha value is -2.39. The molecule has 0 N–H and O–H groups in total. The molecule has 148 valence electrons. The van der Waals surface area contributed by atoms with Crippen LogP contribution in [0.2, 0.25) is 0 Å². The second kappa shape index (κ2) is 9.01. The summed E-state index contributed by atoms with van der Waals surface area (Å²) in [5.74, 6) is 0.810. The van der Waals surface area contributed by atoms with Crippen LogP contribution in [0.25, 0.3) is 0 Å². The third-order valence-electron chi connectivity index (χ3n) is 3.92. The van der Waals surface area contributed by atoms with Crippen LogP contribution in [-0.2, 0) is 32.1 Å². The topological polar surface area (TPSA) is 105 Å². The largest absolute Gasteiger partial charge is 0.488 e. The monoisotopic (exact) mass is 397 g/mol. The molecule has 0 amide bonds. The Kier molecular flexibility index (Phi) is 6.98. The molecule has 2 aromatic rings. The van der Waals surface area contributed by atoms with Crippen molar-refractivity contribution in [2.75, 3.05) is 20.0 Å². The molecule has 0 saturated heterocycles. The van der Waals surface area contributed by atoms with Crippen molar-refractivity contribution in [1.29, 1.82) is 0 Å². The number of ether oxygens (including phenoxy) is 2. The highest BCUT2D eigenvalue weighted by Crippen LogP contribution is 2.25. The van der Waals surface area contributed by atoms with E-state index in [1.165, 1.54) is 7.11 Å². The van der Waals surface area contributed by atoms with Crippen molar-refractivity contribution in [3.63, 3.8) is 0 Å². The van der Waals surface area contributed by atoms with Crippen LogP contribution >= 0.6 is 0 Å². The lowest BCUT2D eigenvalue weighted by Gasteiger charge is -2.13. The van der Waals surface area contributed by atoms with E-state index in [2.05, 4.69) is 5.16 Å². The number of aromatic nitrogens is 1. The zero-order valence-corrected chi connectivity index (χ0v) is 16.6. The number of hydrogen-bond acceptors (Lipinski definition) is 8. The standard InChI is InChI=1S/C18H23NO7S/c1-12-16(13(2)26-19-12)11-24-17-8-7-15(18(20)23-3)10-14(17)6-5-9-25-27(4,21)22/h7-8,10H,5-6,9,11H2,1-4H3. The maximum absolute atomic E-state index is 11.8. The quantitative estimate of drug-likeness (QED) is 0.361. The van der Waals surface area contributed by atoms with Crippen LogP contribution in [0.15, 0.2) is 22.7 Å². The molecule has 1 aromatic carbocycles. The molecule has 0 unspecified atom stereocenters. The van der Waals surface area contributed by atoms with Crippen molar-refractivity contribution in [1.82, 2.24) is 5.16 Å². The first-order chi connectivity index (χ1) is 12.7. The highest BCUT2D eigenvalue weighted by molar-refractivity contribution is 7.85. The molecule has 8 nitrogen and oxygen atoms in total. The van der Waals surface area contributed by atoms with Crippen LogP contribution in [0.3, 0.4) is 0 Å². The van der Waals surface area contributed by atoms with Crippen molar-refractivity contribution in [3.05, 3.63) is 46.3 Å². The maximum atomic E-state index is 11.8. The third kappa shape index (κ3) is 6.07. The average Bonchev–Trinajstić information content (AvgIpc) is 2.94. The van der Waals surface area contributed by atoms with Gasteiger partial charge in [-0.3, -0.25) is 4.18 Å². The van der Waals surface area contributed by atoms with Gasteiger partial charge in [-0.1, -0.05) is 5.16 Å². The van der Waals surface area contributed by atoms with Crippen LogP contribution < -0.4 is 4.74 Å². The first kappa shape index (κ1) is 20.9. The summed E-state index contributed by atoms with van der Waals surface area (Å²) >= 11 is 0. The number of benzene rings is 1. The van der Waals surface area contributed by atoms with Gasteiger partial charge in [0.2, 0.25) is 0 Å². The highest BCUT2D eigenvalue weighted by atomic mass is 32.2. The van der Waals surface area contributed by atoms with Gasteiger partial charge in [-0.15, -0.1) is 0 Å². The molecule has 0 aliphatic carbocycles. The fourth-order valence-electron chi connectivity index (χ4n) is 2.49. The van der Waals surface area contributed by atoms with Gasteiger partial charge >= 0.3 is 5.97 Å². The van der Waals surface area contributed by atoms with Crippen molar-refractivity contribution in [3.8, 4) is 5.75 Å². The Morgan fingerprint density at radius 1 is 1.26 bits per heavy atom. The number of esters is 1. The number of carbonyl (C=O) groups is 1. The Bertz CT molecular complexity index is 883. The molecular weight excluding hydrogens is 374 g/mol. The van der Waals surface area contributed by atoms with E-state index < -0.39 is 16.1 Å². The smallest absolute Gasteiger partial charge is 0.337 e. The fraction of sp³-hybridized carbons (Fsp3) is 0.444. The average molecular weight is 397 g/mol. The van der Waals surface area contributed by atoms with E-state index >= 15 is 0 Å². The molecule has 0 aliphatic heterocycles. The molecule has 0 aliphatic rings. The maximum Gasteiger partial charge on any atom is 0.337 e. The van der Waals surface area contributed by atoms with E-state index in [-0.39, 0.29) is 13.2 Å². The zero-order valence-electron chi connectivity index (χ0n) is 15.8. The van der Waals surface area contributed by atoms with Crippen molar-refractivity contribution >= 4 is 16.1 Å². The van der Waals surface area contributed by atoms with Crippen molar-refractivity contribution in [2.45, 2.75) is 33.3 Å². The third-order valence-corrected chi connectivity index (χ3v) is 4.52. The minimum Gasteiger partial charge on any atom is -0.488 e. The number of aryl methyl sites for hydroxylation is 3. The lowest BCUT2D eigenvalue weighted by atomic mass is 10.0. The number of hydrogen-bond donors (Lipinski definition) is 0. The zero-order chi connectivity index (χ0) is 20.0. The molecular formula is C18H23NO7S. The second-order valence-electron chi connectivity index (χ2n) is 6.04. The number of rotatable bonds is 9.